The summed E-state index contributed by atoms with van der Waals surface area (Å²) in [7, 11) is 0. The number of aromatic nitrogens is 4. The van der Waals surface area contributed by atoms with Gasteiger partial charge in [-0.1, -0.05) is 24.3 Å². The number of hydrogen-bond donors (Lipinski definition) is 1. The van der Waals surface area contributed by atoms with Crippen molar-refractivity contribution in [2.24, 2.45) is 0 Å². The van der Waals surface area contributed by atoms with Crippen LogP contribution in [0, 0.1) is 0 Å². The number of fused-ring (bicyclic) bond motifs is 1. The Balaban J connectivity index is 1.49. The molecule has 0 saturated carbocycles. The predicted molar refractivity (Wildman–Crippen MR) is 115 cm³/mol. The Hall–Kier alpha value is -3.29. The number of aromatic amines is 1. The van der Waals surface area contributed by atoms with Crippen LogP contribution in [0.25, 0.3) is 28.1 Å². The van der Waals surface area contributed by atoms with E-state index in [1.807, 2.05) is 71.4 Å². The minimum absolute atomic E-state index is 0.0870. The van der Waals surface area contributed by atoms with E-state index in [1.54, 1.807) is 23.9 Å². The van der Waals surface area contributed by atoms with Gasteiger partial charge in [0.15, 0.2) is 0 Å². The molecule has 5 nitrogen and oxygen atoms in total. The Kier molecular flexibility index (Phi) is 4.23. The molecule has 0 fully saturated rings. The molecular weight excluding hydrogens is 388 g/mol. The molecule has 3 heterocycles. The normalized spacial score (nSPS) is 12.9. The maximum atomic E-state index is 12.3. The minimum Gasteiger partial charge on any atom is -0.313 e. The first-order valence-corrected chi connectivity index (χ1v) is 10.2. The van der Waals surface area contributed by atoms with Crippen molar-refractivity contribution < 1.29 is 0 Å². The molecule has 0 atom stereocenters. The molecule has 0 radical (unpaired) electrons. The summed E-state index contributed by atoms with van der Waals surface area (Å²) in [4.78, 5) is 23.9. The van der Waals surface area contributed by atoms with Crippen molar-refractivity contribution in [3.63, 3.8) is 0 Å². The van der Waals surface area contributed by atoms with Crippen LogP contribution in [0.15, 0.2) is 72.0 Å². The van der Waals surface area contributed by atoms with Crippen LogP contribution in [0.5, 0.6) is 0 Å². The molecule has 0 bridgehead atoms. The number of H-pyrrole nitrogens is 1. The summed E-state index contributed by atoms with van der Waals surface area (Å²) in [6.45, 7) is 0. The van der Waals surface area contributed by atoms with Gasteiger partial charge in [-0.05, 0) is 35.9 Å². The molecule has 0 aliphatic heterocycles. The van der Waals surface area contributed by atoms with Gasteiger partial charge in [-0.15, -0.1) is 22.7 Å². The SMILES string of the molecule is O=c1[nH]/c(=C\c2nc3ccccc3s2)s/c1=C\c1ccc(-n2ccnc2)cc1. The van der Waals surface area contributed by atoms with Gasteiger partial charge in [-0.2, -0.15) is 0 Å². The summed E-state index contributed by atoms with van der Waals surface area (Å²) >= 11 is 3.05. The van der Waals surface area contributed by atoms with Crippen LogP contribution < -0.4 is 14.8 Å². The summed E-state index contributed by atoms with van der Waals surface area (Å²) in [5.41, 5.74) is 2.89. The lowest BCUT2D eigenvalue weighted by Crippen LogP contribution is -2.19. The molecule has 0 aliphatic carbocycles. The number of nitrogens with zero attached hydrogens (tertiary/aromatic N) is 3. The maximum absolute atomic E-state index is 12.3. The molecule has 0 spiro atoms. The lowest BCUT2D eigenvalue weighted by atomic mass is 10.2. The summed E-state index contributed by atoms with van der Waals surface area (Å²) in [6, 6.07) is 16.0. The van der Waals surface area contributed by atoms with Crippen LogP contribution in [-0.2, 0) is 0 Å². The van der Waals surface area contributed by atoms with E-state index in [0.29, 0.717) is 4.53 Å². The Bertz CT molecular complexity index is 1390. The van der Waals surface area contributed by atoms with E-state index in [0.717, 1.165) is 31.1 Å². The molecule has 136 valence electrons. The summed E-state index contributed by atoms with van der Waals surface area (Å²) in [6.07, 6.45) is 9.22. The van der Waals surface area contributed by atoms with Crippen LogP contribution in [0.2, 0.25) is 0 Å². The topological polar surface area (TPSA) is 63.6 Å². The second-order valence-electron chi connectivity index (χ2n) is 6.15. The zero-order valence-electron chi connectivity index (χ0n) is 14.6. The largest absolute Gasteiger partial charge is 0.313 e. The fraction of sp³-hybridized carbons (Fsp3) is 0. The predicted octanol–water partition coefficient (Wildman–Crippen LogP) is 2.89. The van der Waals surface area contributed by atoms with Gasteiger partial charge in [0.05, 0.1) is 25.7 Å². The molecule has 28 heavy (non-hydrogen) atoms. The molecule has 1 N–H and O–H groups in total. The number of nitrogens with one attached hydrogen (secondary N) is 1. The molecular formula is C21H14N4OS2. The molecule has 2 aromatic carbocycles. The highest BCUT2D eigenvalue weighted by atomic mass is 32.1. The number of benzene rings is 2. The zero-order valence-corrected chi connectivity index (χ0v) is 16.2. The molecule has 5 aromatic rings. The smallest absolute Gasteiger partial charge is 0.266 e. The van der Waals surface area contributed by atoms with Gasteiger partial charge in [-0.3, -0.25) is 4.79 Å². The average molecular weight is 403 g/mol. The highest BCUT2D eigenvalue weighted by Crippen LogP contribution is 2.21. The van der Waals surface area contributed by atoms with E-state index in [4.69, 9.17) is 0 Å². The lowest BCUT2D eigenvalue weighted by Gasteiger charge is -2.01. The number of thiazole rings is 2. The lowest BCUT2D eigenvalue weighted by molar-refractivity contribution is 1.06. The first-order chi connectivity index (χ1) is 13.7. The van der Waals surface area contributed by atoms with Gasteiger partial charge in [0.25, 0.3) is 5.56 Å². The van der Waals surface area contributed by atoms with Gasteiger partial charge in [-0.25, -0.2) is 9.97 Å². The van der Waals surface area contributed by atoms with E-state index in [9.17, 15) is 4.79 Å². The maximum Gasteiger partial charge on any atom is 0.266 e. The minimum atomic E-state index is -0.0870. The molecule has 0 aliphatic rings. The van der Waals surface area contributed by atoms with Crippen LogP contribution >= 0.6 is 22.7 Å². The van der Waals surface area contributed by atoms with Crippen LogP contribution in [0.4, 0.5) is 0 Å². The van der Waals surface area contributed by atoms with Crippen LogP contribution in [-0.4, -0.2) is 19.5 Å². The second-order valence-corrected chi connectivity index (χ2v) is 8.30. The van der Waals surface area contributed by atoms with Crippen molar-refractivity contribution in [2.45, 2.75) is 0 Å². The van der Waals surface area contributed by atoms with E-state index in [1.165, 1.54) is 11.3 Å². The Morgan fingerprint density at radius 3 is 2.64 bits per heavy atom. The fourth-order valence-electron chi connectivity index (χ4n) is 2.89. The Morgan fingerprint density at radius 1 is 1.00 bits per heavy atom. The first kappa shape index (κ1) is 16.9. The number of rotatable bonds is 3. The van der Waals surface area contributed by atoms with Crippen molar-refractivity contribution in [1.29, 1.82) is 0 Å². The van der Waals surface area contributed by atoms with E-state index >= 15 is 0 Å². The van der Waals surface area contributed by atoms with E-state index in [-0.39, 0.29) is 5.56 Å². The quantitative estimate of drug-likeness (QED) is 0.505. The second kappa shape index (κ2) is 7.03. The fourth-order valence-corrected chi connectivity index (χ4v) is 4.77. The Labute approximate surface area is 167 Å². The van der Waals surface area contributed by atoms with Gasteiger partial charge < -0.3 is 9.55 Å². The van der Waals surface area contributed by atoms with Crippen molar-refractivity contribution in [2.75, 3.05) is 0 Å². The monoisotopic (exact) mass is 402 g/mol. The first-order valence-electron chi connectivity index (χ1n) is 8.61. The van der Waals surface area contributed by atoms with Crippen molar-refractivity contribution in [3.8, 4) is 5.69 Å². The summed E-state index contributed by atoms with van der Waals surface area (Å²) < 4.78 is 4.54. The summed E-state index contributed by atoms with van der Waals surface area (Å²) in [5, 5.41) is 0.884. The molecule has 0 saturated heterocycles. The molecule has 5 rings (SSSR count). The molecule has 0 amide bonds. The van der Waals surface area contributed by atoms with Gasteiger partial charge in [0.1, 0.15) is 5.01 Å². The van der Waals surface area contributed by atoms with Crippen LogP contribution in [0.3, 0.4) is 0 Å². The third-order valence-electron chi connectivity index (χ3n) is 4.24. The highest BCUT2D eigenvalue weighted by Gasteiger charge is 2.02. The molecule has 7 heteroatoms. The van der Waals surface area contributed by atoms with Gasteiger partial charge in [0.2, 0.25) is 0 Å². The van der Waals surface area contributed by atoms with Crippen LogP contribution in [0.1, 0.15) is 10.6 Å². The highest BCUT2D eigenvalue weighted by molar-refractivity contribution is 7.19. The van der Waals surface area contributed by atoms with E-state index in [2.05, 4.69) is 15.0 Å². The number of imidazole rings is 1. The number of para-hydroxylation sites is 1. The number of hydrogen-bond acceptors (Lipinski definition) is 5. The average Bonchev–Trinajstić information content (AvgIpc) is 3.43. The molecule has 3 aromatic heterocycles. The Morgan fingerprint density at radius 2 is 1.86 bits per heavy atom. The standard InChI is InChI=1S/C21H14N4OS2/c26-21-18(11-14-5-7-15(8-6-14)25-10-9-22-13-25)28-20(24-21)12-19-23-16-3-1-2-4-17(16)27-19/h1-13H,(H,24,26)/b18-11-,20-12+. The summed E-state index contributed by atoms with van der Waals surface area (Å²) in [5.74, 6) is 0. The van der Waals surface area contributed by atoms with Crippen molar-refractivity contribution in [1.82, 2.24) is 19.5 Å². The van der Waals surface area contributed by atoms with Crippen molar-refractivity contribution in [3.05, 3.63) is 97.4 Å². The third kappa shape index (κ3) is 3.33. The van der Waals surface area contributed by atoms with Gasteiger partial charge in [0, 0.05) is 24.2 Å². The zero-order chi connectivity index (χ0) is 18.9. The third-order valence-corrected chi connectivity index (χ3v) is 6.19. The van der Waals surface area contributed by atoms with Gasteiger partial charge >= 0.3 is 0 Å². The van der Waals surface area contributed by atoms with E-state index < -0.39 is 0 Å². The van der Waals surface area contributed by atoms with Crippen molar-refractivity contribution >= 4 is 45.0 Å². The molecule has 0 unspecified atom stereocenters.